The molecule has 24 heavy (non-hydrogen) atoms. The summed E-state index contributed by atoms with van der Waals surface area (Å²) in [6, 6.07) is 8.69. The molecule has 0 aromatic heterocycles. The van der Waals surface area contributed by atoms with Gasteiger partial charge in [0.25, 0.3) is 0 Å². The Bertz CT molecular complexity index is 701. The van der Waals surface area contributed by atoms with E-state index in [1.807, 2.05) is 6.08 Å². The van der Waals surface area contributed by atoms with Crippen LogP contribution in [-0.4, -0.2) is 0 Å². The van der Waals surface area contributed by atoms with Gasteiger partial charge in [-0.1, -0.05) is 59.4 Å². The molecule has 1 nitrogen and oxygen atoms in total. The Morgan fingerprint density at radius 1 is 1.29 bits per heavy atom. The first kappa shape index (κ1) is 20.0. The quantitative estimate of drug-likeness (QED) is 0.425. The molecule has 0 N–H and O–H groups in total. The Morgan fingerprint density at radius 3 is 2.42 bits per heavy atom. The largest absolute Gasteiger partial charge is 0.192 e. The van der Waals surface area contributed by atoms with Gasteiger partial charge in [-0.15, -0.1) is 0 Å². The van der Waals surface area contributed by atoms with Crippen molar-refractivity contribution in [3.05, 3.63) is 58.7 Å². The van der Waals surface area contributed by atoms with Crippen molar-refractivity contribution in [2.24, 2.45) is 11.3 Å². The van der Waals surface area contributed by atoms with E-state index >= 15 is 0 Å². The molecule has 0 spiro atoms. The van der Waals surface area contributed by atoms with Crippen LogP contribution in [0.25, 0.3) is 11.6 Å². The first-order valence-corrected chi connectivity index (χ1v) is 8.63. The van der Waals surface area contributed by atoms with Crippen LogP contribution in [0.1, 0.15) is 64.7 Å². The maximum Gasteiger partial charge on any atom is 0.0994 e. The highest BCUT2D eigenvalue weighted by Crippen LogP contribution is 2.29. The number of aryl methyl sites for hydroxylation is 1. The van der Waals surface area contributed by atoms with E-state index in [0.29, 0.717) is 11.5 Å². The SMILES string of the molecule is C=C(CC(C)(C)C)/C(C#N)=C/c1ccc(C)c(/C(C)=C\C(C)C)c1. The molecule has 0 heterocycles. The summed E-state index contributed by atoms with van der Waals surface area (Å²) in [5, 5.41) is 9.52. The fourth-order valence-corrected chi connectivity index (χ4v) is 2.86. The molecule has 0 unspecified atom stereocenters. The van der Waals surface area contributed by atoms with Crippen LogP contribution in [0, 0.1) is 29.6 Å². The Kier molecular flexibility index (Phi) is 6.79. The molecule has 128 valence electrons. The van der Waals surface area contributed by atoms with Gasteiger partial charge in [-0.25, -0.2) is 0 Å². The molecular weight excluding hydrogens is 290 g/mol. The van der Waals surface area contributed by atoms with Gasteiger partial charge >= 0.3 is 0 Å². The minimum Gasteiger partial charge on any atom is -0.192 e. The van der Waals surface area contributed by atoms with E-state index in [4.69, 9.17) is 0 Å². The lowest BCUT2D eigenvalue weighted by atomic mass is 9.85. The summed E-state index contributed by atoms with van der Waals surface area (Å²) in [6.07, 6.45) is 5.05. The molecular formula is C23H31N. The molecule has 0 aliphatic carbocycles. The van der Waals surface area contributed by atoms with E-state index in [-0.39, 0.29) is 5.41 Å². The van der Waals surface area contributed by atoms with Crippen molar-refractivity contribution in [2.45, 2.75) is 54.9 Å². The molecule has 0 saturated heterocycles. The molecule has 1 aromatic rings. The van der Waals surface area contributed by atoms with Crippen LogP contribution in [0.5, 0.6) is 0 Å². The third-order valence-electron chi connectivity index (χ3n) is 3.83. The molecule has 0 amide bonds. The summed E-state index contributed by atoms with van der Waals surface area (Å²) in [7, 11) is 0. The Labute approximate surface area is 148 Å². The van der Waals surface area contributed by atoms with E-state index in [0.717, 1.165) is 17.6 Å². The first-order valence-electron chi connectivity index (χ1n) is 8.63. The molecule has 1 rings (SSSR count). The number of rotatable bonds is 5. The van der Waals surface area contributed by atoms with Crippen LogP contribution in [0.3, 0.4) is 0 Å². The number of allylic oxidation sites excluding steroid dienone is 4. The van der Waals surface area contributed by atoms with Crippen LogP contribution in [0.15, 0.2) is 42.0 Å². The van der Waals surface area contributed by atoms with Crippen LogP contribution in [0.2, 0.25) is 0 Å². The number of nitrogens with zero attached hydrogens (tertiary/aromatic N) is 1. The fraction of sp³-hybridized carbons (Fsp3) is 0.435. The average Bonchev–Trinajstić information content (AvgIpc) is 2.43. The molecule has 0 bridgehead atoms. The monoisotopic (exact) mass is 321 g/mol. The highest BCUT2D eigenvalue weighted by atomic mass is 14.3. The molecule has 0 saturated carbocycles. The van der Waals surface area contributed by atoms with Gasteiger partial charge in [0, 0.05) is 0 Å². The van der Waals surface area contributed by atoms with E-state index < -0.39 is 0 Å². The minimum absolute atomic E-state index is 0.127. The summed E-state index contributed by atoms with van der Waals surface area (Å²) in [6.45, 7) is 19.3. The maximum atomic E-state index is 9.52. The topological polar surface area (TPSA) is 23.8 Å². The summed E-state index contributed by atoms with van der Waals surface area (Å²) in [4.78, 5) is 0. The summed E-state index contributed by atoms with van der Waals surface area (Å²) < 4.78 is 0. The van der Waals surface area contributed by atoms with Gasteiger partial charge in [0.1, 0.15) is 0 Å². The standard InChI is InChI=1S/C23H31N/c1-16(2)11-18(4)22-13-20(10-9-17(22)3)12-21(15-24)19(5)14-23(6,7)8/h9-13,16H,5,14H2,1-4,6-8H3/b18-11-,21-12+. The van der Waals surface area contributed by atoms with Crippen molar-refractivity contribution >= 4 is 11.6 Å². The van der Waals surface area contributed by atoms with E-state index in [9.17, 15) is 5.26 Å². The van der Waals surface area contributed by atoms with Crippen molar-refractivity contribution in [1.29, 1.82) is 5.26 Å². The van der Waals surface area contributed by atoms with Crippen molar-refractivity contribution in [1.82, 2.24) is 0 Å². The van der Waals surface area contributed by atoms with Gasteiger partial charge in [0.15, 0.2) is 0 Å². The predicted molar refractivity (Wildman–Crippen MR) is 106 cm³/mol. The zero-order chi connectivity index (χ0) is 18.5. The van der Waals surface area contributed by atoms with Crippen LogP contribution < -0.4 is 0 Å². The van der Waals surface area contributed by atoms with Gasteiger partial charge in [-0.2, -0.15) is 5.26 Å². The molecule has 0 aliphatic heterocycles. The van der Waals surface area contributed by atoms with Crippen molar-refractivity contribution in [3.63, 3.8) is 0 Å². The summed E-state index contributed by atoms with van der Waals surface area (Å²) >= 11 is 0. The number of nitriles is 1. The summed E-state index contributed by atoms with van der Waals surface area (Å²) in [5.41, 5.74) is 6.54. The molecule has 1 aromatic carbocycles. The third-order valence-corrected chi connectivity index (χ3v) is 3.83. The number of benzene rings is 1. The van der Waals surface area contributed by atoms with E-state index in [1.54, 1.807) is 0 Å². The normalized spacial score (nSPS) is 13.1. The molecule has 0 fully saturated rings. The van der Waals surface area contributed by atoms with Crippen LogP contribution in [0.4, 0.5) is 0 Å². The second-order valence-electron chi connectivity index (χ2n) is 8.18. The Hall–Kier alpha value is -2.07. The average molecular weight is 322 g/mol. The minimum atomic E-state index is 0.127. The van der Waals surface area contributed by atoms with E-state index in [1.165, 1.54) is 16.7 Å². The number of hydrogen-bond acceptors (Lipinski definition) is 1. The van der Waals surface area contributed by atoms with Crippen LogP contribution >= 0.6 is 0 Å². The smallest absolute Gasteiger partial charge is 0.0994 e. The Morgan fingerprint density at radius 2 is 1.92 bits per heavy atom. The summed E-state index contributed by atoms with van der Waals surface area (Å²) in [5.74, 6) is 0.518. The number of hydrogen-bond donors (Lipinski definition) is 0. The van der Waals surface area contributed by atoms with Gasteiger partial charge in [0.05, 0.1) is 11.6 Å². The zero-order valence-corrected chi connectivity index (χ0v) is 16.3. The van der Waals surface area contributed by atoms with Gasteiger partial charge in [-0.3, -0.25) is 0 Å². The highest BCUT2D eigenvalue weighted by molar-refractivity contribution is 5.71. The van der Waals surface area contributed by atoms with Crippen molar-refractivity contribution < 1.29 is 0 Å². The lowest BCUT2D eigenvalue weighted by molar-refractivity contribution is 0.413. The fourth-order valence-electron chi connectivity index (χ4n) is 2.86. The molecule has 0 aliphatic rings. The lowest BCUT2D eigenvalue weighted by Gasteiger charge is -2.19. The van der Waals surface area contributed by atoms with Crippen molar-refractivity contribution in [2.75, 3.05) is 0 Å². The first-order chi connectivity index (χ1) is 11.0. The van der Waals surface area contributed by atoms with Crippen LogP contribution in [-0.2, 0) is 0 Å². The molecule has 0 radical (unpaired) electrons. The molecule has 1 heteroatoms. The Balaban J connectivity index is 3.23. The van der Waals surface area contributed by atoms with E-state index in [2.05, 4.69) is 85.4 Å². The van der Waals surface area contributed by atoms with Crippen molar-refractivity contribution in [3.8, 4) is 6.07 Å². The maximum absolute atomic E-state index is 9.52. The second kappa shape index (κ2) is 8.15. The highest BCUT2D eigenvalue weighted by Gasteiger charge is 2.14. The lowest BCUT2D eigenvalue weighted by Crippen LogP contribution is -2.06. The zero-order valence-electron chi connectivity index (χ0n) is 16.3. The second-order valence-corrected chi connectivity index (χ2v) is 8.18. The predicted octanol–water partition coefficient (Wildman–Crippen LogP) is 6.95. The molecule has 0 atom stereocenters. The third kappa shape index (κ3) is 6.20. The van der Waals surface area contributed by atoms with Gasteiger partial charge in [-0.05, 0) is 71.6 Å². The van der Waals surface area contributed by atoms with Gasteiger partial charge in [0.2, 0.25) is 0 Å². The van der Waals surface area contributed by atoms with Gasteiger partial charge < -0.3 is 0 Å².